The third kappa shape index (κ3) is 4.92. The summed E-state index contributed by atoms with van der Waals surface area (Å²) >= 11 is 0. The van der Waals surface area contributed by atoms with Gasteiger partial charge in [-0.3, -0.25) is 14.5 Å². The molecule has 8 nitrogen and oxygen atoms in total. The number of para-hydroxylation sites is 1. The number of amides is 2. The Morgan fingerprint density at radius 1 is 1.49 bits per heavy atom. The molecule has 1 unspecified atom stereocenters. The van der Waals surface area contributed by atoms with E-state index in [4.69, 9.17) is 21.6 Å². The Morgan fingerprint density at radius 2 is 2.26 bits per heavy atom. The Labute approximate surface area is 206 Å². The van der Waals surface area contributed by atoms with E-state index in [2.05, 4.69) is 22.8 Å². The minimum atomic E-state index is -0.893. The molecule has 8 heteroatoms. The summed E-state index contributed by atoms with van der Waals surface area (Å²) in [6.07, 6.45) is 8.36. The number of aliphatic imine (C=N–C) groups is 1. The number of hydrogen-bond acceptors (Lipinski definition) is 6. The number of hydrogen-bond donors (Lipinski definition) is 2. The first-order valence-corrected chi connectivity index (χ1v) is 12.2. The van der Waals surface area contributed by atoms with E-state index in [-0.39, 0.29) is 48.1 Å². The molecular weight excluding hydrogens is 444 g/mol. The van der Waals surface area contributed by atoms with E-state index in [0.29, 0.717) is 38.0 Å². The van der Waals surface area contributed by atoms with Gasteiger partial charge in [0.2, 0.25) is 11.8 Å². The molecule has 1 fully saturated rings. The van der Waals surface area contributed by atoms with Crippen molar-refractivity contribution < 1.29 is 19.1 Å². The maximum atomic E-state index is 13.2. The monoisotopic (exact) mass is 478 g/mol. The normalized spacial score (nSPS) is 28.1. The van der Waals surface area contributed by atoms with Crippen LogP contribution >= 0.6 is 0 Å². The van der Waals surface area contributed by atoms with E-state index >= 15 is 0 Å². The van der Waals surface area contributed by atoms with Gasteiger partial charge in [-0.25, -0.2) is 4.99 Å². The quantitative estimate of drug-likeness (QED) is 0.419. The fourth-order valence-electron chi connectivity index (χ4n) is 5.25. The molecule has 1 aromatic carbocycles. The summed E-state index contributed by atoms with van der Waals surface area (Å²) in [6, 6.07) is 7.38. The Hall–Kier alpha value is -3.31. The minimum Gasteiger partial charge on any atom is -0.493 e. The Balaban J connectivity index is 1.47. The van der Waals surface area contributed by atoms with Gasteiger partial charge in [0.1, 0.15) is 11.3 Å². The molecule has 1 saturated carbocycles. The van der Waals surface area contributed by atoms with Crippen molar-refractivity contribution in [2.24, 2.45) is 22.6 Å². The predicted molar refractivity (Wildman–Crippen MR) is 133 cm³/mol. The third-order valence-corrected chi connectivity index (χ3v) is 7.43. The molecule has 4 rings (SSSR count). The molecule has 2 heterocycles. The van der Waals surface area contributed by atoms with Crippen molar-refractivity contribution in [3.8, 4) is 18.1 Å². The van der Waals surface area contributed by atoms with Gasteiger partial charge in [0, 0.05) is 37.3 Å². The van der Waals surface area contributed by atoms with Crippen LogP contribution in [0.3, 0.4) is 0 Å². The van der Waals surface area contributed by atoms with Crippen LogP contribution in [0.1, 0.15) is 50.6 Å². The summed E-state index contributed by atoms with van der Waals surface area (Å²) in [5, 5.41) is 3.13. The van der Waals surface area contributed by atoms with Gasteiger partial charge in [-0.1, -0.05) is 37.6 Å². The lowest BCUT2D eigenvalue weighted by Crippen LogP contribution is -2.56. The Morgan fingerprint density at radius 3 is 2.94 bits per heavy atom. The molecule has 35 heavy (non-hydrogen) atoms. The summed E-state index contributed by atoms with van der Waals surface area (Å²) in [5.41, 5.74) is 6.89. The van der Waals surface area contributed by atoms with Gasteiger partial charge in [0.25, 0.3) is 0 Å². The maximum absolute atomic E-state index is 13.2. The second-order valence-electron chi connectivity index (χ2n) is 9.52. The van der Waals surface area contributed by atoms with Crippen molar-refractivity contribution in [3.05, 3.63) is 42.0 Å². The highest BCUT2D eigenvalue weighted by atomic mass is 16.5. The summed E-state index contributed by atoms with van der Waals surface area (Å²) in [5.74, 6) is 3.27. The number of terminal acetylenes is 1. The highest BCUT2D eigenvalue weighted by molar-refractivity contribution is 6.00. The van der Waals surface area contributed by atoms with Crippen LogP contribution in [0.25, 0.3) is 0 Å². The van der Waals surface area contributed by atoms with E-state index in [0.717, 1.165) is 17.7 Å². The molecule has 1 aromatic rings. The van der Waals surface area contributed by atoms with Crippen molar-refractivity contribution in [2.45, 2.75) is 56.7 Å². The minimum absolute atomic E-state index is 0.0435. The number of carbonyl (C=O) groups is 2. The first-order chi connectivity index (χ1) is 16.8. The van der Waals surface area contributed by atoms with Crippen LogP contribution in [0.5, 0.6) is 5.75 Å². The van der Waals surface area contributed by atoms with Crippen LogP contribution in [-0.2, 0) is 14.3 Å². The zero-order chi connectivity index (χ0) is 25.2. The van der Waals surface area contributed by atoms with Gasteiger partial charge in [-0.15, -0.1) is 6.42 Å². The summed E-state index contributed by atoms with van der Waals surface area (Å²) < 4.78 is 11.0. The largest absolute Gasteiger partial charge is 0.493 e. The van der Waals surface area contributed by atoms with Crippen molar-refractivity contribution in [1.82, 2.24) is 10.2 Å². The molecule has 186 valence electrons. The molecule has 2 aliphatic heterocycles. The van der Waals surface area contributed by atoms with E-state index < -0.39 is 5.54 Å². The molecule has 5 atom stereocenters. The lowest BCUT2D eigenvalue weighted by molar-refractivity contribution is -0.131. The van der Waals surface area contributed by atoms with Crippen LogP contribution in [0, 0.1) is 24.2 Å². The van der Waals surface area contributed by atoms with Gasteiger partial charge in [0.05, 0.1) is 19.1 Å². The van der Waals surface area contributed by atoms with Crippen LogP contribution in [0.4, 0.5) is 0 Å². The number of ether oxygens (including phenoxy) is 2. The first-order valence-electron chi connectivity index (χ1n) is 12.2. The SMILES string of the molecule is C#C[C@@]1(CC)CC(=O)N(C(CCOC)[C@@H]2C[C@H]2C(=C)C(=O)N[C@H]2CCOc3ccccc32)C(N)=N1. The number of nitrogens with zero attached hydrogens (tertiary/aromatic N) is 2. The van der Waals surface area contributed by atoms with Gasteiger partial charge >= 0.3 is 0 Å². The average Bonchev–Trinajstić information content (AvgIpc) is 3.65. The van der Waals surface area contributed by atoms with Crippen molar-refractivity contribution >= 4 is 17.8 Å². The molecule has 0 saturated heterocycles. The van der Waals surface area contributed by atoms with Crippen LogP contribution < -0.4 is 15.8 Å². The third-order valence-electron chi connectivity index (χ3n) is 7.43. The molecule has 3 aliphatic rings. The summed E-state index contributed by atoms with van der Waals surface area (Å²) in [6.45, 7) is 7.02. The first kappa shape index (κ1) is 24.8. The number of benzene rings is 1. The van der Waals surface area contributed by atoms with E-state index in [9.17, 15) is 9.59 Å². The van der Waals surface area contributed by atoms with Gasteiger partial charge in [-0.05, 0) is 37.2 Å². The van der Waals surface area contributed by atoms with Crippen LogP contribution in [0.15, 0.2) is 41.4 Å². The lowest BCUT2D eigenvalue weighted by atomic mass is 9.90. The number of fused-ring (bicyclic) bond motifs is 1. The lowest BCUT2D eigenvalue weighted by Gasteiger charge is -2.38. The standard InChI is InChI=1S/C27H34N4O4/c1-5-27(6-2)16-24(32)31(26(28)30-27)22(12-13-34-4)20-15-19(20)17(3)25(33)29-21-11-14-35-23-10-8-7-9-18(21)23/h1,7-10,19-22H,3,6,11-16H2,2,4H3,(H2,28,30)(H,29,33)/t19-,20+,21-,22?,27+/m0/s1. The molecule has 0 aromatic heterocycles. The summed E-state index contributed by atoms with van der Waals surface area (Å²) in [4.78, 5) is 32.4. The zero-order valence-electron chi connectivity index (χ0n) is 20.5. The second-order valence-corrected chi connectivity index (χ2v) is 9.52. The molecular formula is C27H34N4O4. The molecule has 1 aliphatic carbocycles. The van der Waals surface area contributed by atoms with Gasteiger partial charge in [0.15, 0.2) is 5.96 Å². The highest BCUT2D eigenvalue weighted by Crippen LogP contribution is 2.49. The van der Waals surface area contributed by atoms with Crippen molar-refractivity contribution in [1.29, 1.82) is 0 Å². The number of carbonyl (C=O) groups excluding carboxylic acids is 2. The van der Waals surface area contributed by atoms with Crippen LogP contribution in [-0.4, -0.2) is 54.6 Å². The smallest absolute Gasteiger partial charge is 0.247 e. The zero-order valence-corrected chi connectivity index (χ0v) is 20.5. The molecule has 0 radical (unpaired) electrons. The van der Waals surface area contributed by atoms with Crippen molar-refractivity contribution in [2.75, 3.05) is 20.3 Å². The van der Waals surface area contributed by atoms with E-state index in [1.54, 1.807) is 12.0 Å². The summed E-state index contributed by atoms with van der Waals surface area (Å²) in [7, 11) is 1.62. The molecule has 3 N–H and O–H groups in total. The maximum Gasteiger partial charge on any atom is 0.247 e. The Bertz CT molecular complexity index is 1080. The molecule has 0 spiro atoms. The Kier molecular flexibility index (Phi) is 7.18. The number of nitrogens with two attached hydrogens (primary N) is 1. The van der Waals surface area contributed by atoms with Crippen molar-refractivity contribution in [3.63, 3.8) is 0 Å². The average molecular weight is 479 g/mol. The fourth-order valence-corrected chi connectivity index (χ4v) is 5.25. The fraction of sp³-hybridized carbons (Fsp3) is 0.519. The van der Waals surface area contributed by atoms with Crippen LogP contribution in [0.2, 0.25) is 0 Å². The van der Waals surface area contributed by atoms with E-state index in [1.165, 1.54) is 0 Å². The van der Waals surface area contributed by atoms with Gasteiger partial charge in [-0.2, -0.15) is 0 Å². The predicted octanol–water partition coefficient (Wildman–Crippen LogP) is 2.55. The topological polar surface area (TPSA) is 106 Å². The second kappa shape index (κ2) is 10.1. The number of methoxy groups -OCH3 is 1. The highest BCUT2D eigenvalue weighted by Gasteiger charge is 2.51. The number of nitrogens with one attached hydrogen (secondary N) is 1. The number of rotatable bonds is 9. The molecule has 0 bridgehead atoms. The molecule has 2 amide bonds. The van der Waals surface area contributed by atoms with Gasteiger partial charge < -0.3 is 20.5 Å². The van der Waals surface area contributed by atoms with E-state index in [1.807, 2.05) is 31.2 Å². The number of guanidine groups is 1.